The van der Waals surface area contributed by atoms with Gasteiger partial charge in [0.25, 0.3) is 0 Å². The fourth-order valence-corrected chi connectivity index (χ4v) is 1.66. The normalized spacial score (nSPS) is 11.6. The first kappa shape index (κ1) is 12.7. The largest absolute Gasteiger partial charge is 0.475 e. The van der Waals surface area contributed by atoms with Crippen molar-refractivity contribution in [1.82, 2.24) is 0 Å². The topological polar surface area (TPSA) is 86.3 Å². The van der Waals surface area contributed by atoms with Crippen molar-refractivity contribution in [2.45, 2.75) is 13.0 Å². The lowest BCUT2D eigenvalue weighted by atomic mass is 10.2. The van der Waals surface area contributed by atoms with Gasteiger partial charge in [-0.2, -0.15) is 5.26 Å². The van der Waals surface area contributed by atoms with Crippen LogP contribution in [-0.2, 0) is 0 Å². The van der Waals surface area contributed by atoms with Crippen molar-refractivity contribution in [3.8, 4) is 6.07 Å². The van der Waals surface area contributed by atoms with Crippen molar-refractivity contribution in [3.63, 3.8) is 0 Å². The Hall–Kier alpha value is -2.74. The number of furan rings is 1. The lowest BCUT2D eigenvalue weighted by molar-refractivity contribution is 0.0660. The third-order valence-electron chi connectivity index (χ3n) is 2.66. The van der Waals surface area contributed by atoms with Gasteiger partial charge < -0.3 is 14.8 Å². The molecule has 1 aromatic carbocycles. The summed E-state index contributed by atoms with van der Waals surface area (Å²) in [5, 5.41) is 20.7. The van der Waals surface area contributed by atoms with Crippen LogP contribution < -0.4 is 5.32 Å². The molecule has 19 heavy (non-hydrogen) atoms. The third kappa shape index (κ3) is 2.93. The van der Waals surface area contributed by atoms with Crippen molar-refractivity contribution in [3.05, 3.63) is 53.5 Å². The fourth-order valence-electron chi connectivity index (χ4n) is 1.66. The molecule has 0 aliphatic rings. The molecule has 5 nitrogen and oxygen atoms in total. The van der Waals surface area contributed by atoms with E-state index in [1.54, 1.807) is 30.3 Å². The first-order chi connectivity index (χ1) is 9.10. The van der Waals surface area contributed by atoms with Crippen LogP contribution in [0.3, 0.4) is 0 Å². The second-order valence-electron chi connectivity index (χ2n) is 4.06. The lowest BCUT2D eigenvalue weighted by Gasteiger charge is -2.12. The molecule has 0 aliphatic carbocycles. The van der Waals surface area contributed by atoms with Crippen LogP contribution in [0.4, 0.5) is 5.69 Å². The summed E-state index contributed by atoms with van der Waals surface area (Å²) in [4.78, 5) is 10.7. The van der Waals surface area contributed by atoms with Crippen LogP contribution in [0.15, 0.2) is 40.8 Å². The number of aromatic carboxylic acids is 1. The van der Waals surface area contributed by atoms with Gasteiger partial charge in [0.05, 0.1) is 17.7 Å². The number of carboxylic acids is 1. The summed E-state index contributed by atoms with van der Waals surface area (Å²) in [6, 6.07) is 11.9. The van der Waals surface area contributed by atoms with Gasteiger partial charge in [-0.05, 0) is 43.3 Å². The summed E-state index contributed by atoms with van der Waals surface area (Å²) in [5.74, 6) is -0.623. The molecule has 2 N–H and O–H groups in total. The number of hydrogen-bond acceptors (Lipinski definition) is 4. The Morgan fingerprint density at radius 2 is 2.00 bits per heavy atom. The van der Waals surface area contributed by atoms with Gasteiger partial charge in [0.1, 0.15) is 5.76 Å². The van der Waals surface area contributed by atoms with E-state index < -0.39 is 5.97 Å². The molecule has 1 heterocycles. The molecular weight excluding hydrogens is 244 g/mol. The van der Waals surface area contributed by atoms with E-state index >= 15 is 0 Å². The van der Waals surface area contributed by atoms with Crippen molar-refractivity contribution in [2.75, 3.05) is 5.32 Å². The molecule has 2 rings (SSSR count). The van der Waals surface area contributed by atoms with Gasteiger partial charge in [-0.1, -0.05) is 0 Å². The molecule has 0 saturated heterocycles. The summed E-state index contributed by atoms with van der Waals surface area (Å²) in [5.41, 5.74) is 1.42. The first-order valence-electron chi connectivity index (χ1n) is 5.70. The maximum atomic E-state index is 10.7. The summed E-state index contributed by atoms with van der Waals surface area (Å²) in [7, 11) is 0. The average Bonchev–Trinajstić information content (AvgIpc) is 2.89. The average molecular weight is 256 g/mol. The minimum Gasteiger partial charge on any atom is -0.475 e. The van der Waals surface area contributed by atoms with E-state index in [0.29, 0.717) is 11.3 Å². The van der Waals surface area contributed by atoms with Gasteiger partial charge in [-0.25, -0.2) is 4.79 Å². The Morgan fingerprint density at radius 3 is 2.53 bits per heavy atom. The molecule has 0 amide bonds. The highest BCUT2D eigenvalue weighted by Crippen LogP contribution is 2.21. The van der Waals surface area contributed by atoms with Crippen LogP contribution in [0.1, 0.15) is 34.8 Å². The molecule has 0 aliphatic heterocycles. The zero-order valence-electron chi connectivity index (χ0n) is 10.3. The predicted molar refractivity (Wildman–Crippen MR) is 68.9 cm³/mol. The first-order valence-corrected chi connectivity index (χ1v) is 5.70. The Labute approximate surface area is 110 Å². The van der Waals surface area contributed by atoms with E-state index in [1.807, 2.05) is 13.0 Å². The van der Waals surface area contributed by atoms with Gasteiger partial charge in [0.15, 0.2) is 0 Å². The van der Waals surface area contributed by atoms with Crippen LogP contribution in [0.25, 0.3) is 0 Å². The van der Waals surface area contributed by atoms with Crippen LogP contribution in [-0.4, -0.2) is 11.1 Å². The van der Waals surface area contributed by atoms with E-state index in [9.17, 15) is 4.79 Å². The molecule has 96 valence electrons. The van der Waals surface area contributed by atoms with E-state index in [2.05, 4.69) is 5.32 Å². The van der Waals surface area contributed by atoms with Gasteiger partial charge in [-0.3, -0.25) is 0 Å². The second kappa shape index (κ2) is 5.27. The maximum Gasteiger partial charge on any atom is 0.371 e. The number of carboxylic acid groups (broad SMARTS) is 1. The maximum absolute atomic E-state index is 10.7. The minimum absolute atomic E-state index is 0.0801. The van der Waals surface area contributed by atoms with Crippen molar-refractivity contribution in [2.24, 2.45) is 0 Å². The van der Waals surface area contributed by atoms with E-state index in [-0.39, 0.29) is 11.8 Å². The number of nitrogens with zero attached hydrogens (tertiary/aromatic N) is 1. The Kier molecular flexibility index (Phi) is 3.53. The standard InChI is InChI=1S/C14H12N2O3/c1-9(12-6-7-13(19-12)14(17)18)16-11-4-2-10(8-15)3-5-11/h2-7,9,16H,1H3,(H,17,18). The summed E-state index contributed by atoms with van der Waals surface area (Å²) < 4.78 is 5.21. The van der Waals surface area contributed by atoms with Gasteiger partial charge in [0.2, 0.25) is 5.76 Å². The monoisotopic (exact) mass is 256 g/mol. The molecule has 0 spiro atoms. The number of anilines is 1. The highest BCUT2D eigenvalue weighted by molar-refractivity contribution is 5.84. The van der Waals surface area contributed by atoms with Crippen LogP contribution in [0, 0.1) is 11.3 Å². The predicted octanol–water partition coefficient (Wildman–Crippen LogP) is 3.02. The number of nitrogens with one attached hydrogen (secondary N) is 1. The van der Waals surface area contributed by atoms with Crippen molar-refractivity contribution < 1.29 is 14.3 Å². The summed E-state index contributed by atoms with van der Waals surface area (Å²) >= 11 is 0. The molecular formula is C14H12N2O3. The summed E-state index contributed by atoms with van der Waals surface area (Å²) in [6.07, 6.45) is 0. The number of rotatable bonds is 4. The molecule has 1 atom stereocenters. The molecule has 0 fully saturated rings. The molecule has 2 aromatic rings. The van der Waals surface area contributed by atoms with Crippen LogP contribution in [0.5, 0.6) is 0 Å². The van der Waals surface area contributed by atoms with E-state index in [1.165, 1.54) is 6.07 Å². The second-order valence-corrected chi connectivity index (χ2v) is 4.06. The highest BCUT2D eigenvalue weighted by Gasteiger charge is 2.13. The number of carbonyl (C=O) groups is 1. The fraction of sp³-hybridized carbons (Fsp3) is 0.143. The molecule has 0 saturated carbocycles. The van der Waals surface area contributed by atoms with E-state index in [4.69, 9.17) is 14.8 Å². The zero-order chi connectivity index (χ0) is 13.8. The van der Waals surface area contributed by atoms with Gasteiger partial charge >= 0.3 is 5.97 Å². The van der Waals surface area contributed by atoms with E-state index in [0.717, 1.165) is 5.69 Å². The van der Waals surface area contributed by atoms with Crippen molar-refractivity contribution >= 4 is 11.7 Å². The highest BCUT2D eigenvalue weighted by atomic mass is 16.4. The van der Waals surface area contributed by atoms with Gasteiger partial charge in [-0.15, -0.1) is 0 Å². The molecule has 1 unspecified atom stereocenters. The Bertz CT molecular complexity index is 623. The lowest BCUT2D eigenvalue weighted by Crippen LogP contribution is -2.05. The Morgan fingerprint density at radius 1 is 1.32 bits per heavy atom. The van der Waals surface area contributed by atoms with Crippen LogP contribution in [0.2, 0.25) is 0 Å². The quantitative estimate of drug-likeness (QED) is 0.878. The van der Waals surface area contributed by atoms with Gasteiger partial charge in [0, 0.05) is 5.69 Å². The molecule has 0 bridgehead atoms. The Balaban J connectivity index is 2.09. The van der Waals surface area contributed by atoms with Crippen LogP contribution >= 0.6 is 0 Å². The molecule has 5 heteroatoms. The summed E-state index contributed by atoms with van der Waals surface area (Å²) in [6.45, 7) is 1.86. The third-order valence-corrected chi connectivity index (χ3v) is 2.66. The SMILES string of the molecule is CC(Nc1ccc(C#N)cc1)c1ccc(C(=O)O)o1. The number of nitriles is 1. The molecule has 0 radical (unpaired) electrons. The molecule has 1 aromatic heterocycles. The number of benzene rings is 1. The van der Waals surface area contributed by atoms with Crippen molar-refractivity contribution in [1.29, 1.82) is 5.26 Å². The number of hydrogen-bond donors (Lipinski definition) is 2. The minimum atomic E-state index is -1.09. The zero-order valence-corrected chi connectivity index (χ0v) is 10.3. The smallest absolute Gasteiger partial charge is 0.371 e.